The minimum Gasteiger partial charge on any atom is -0.340 e. The van der Waals surface area contributed by atoms with Gasteiger partial charge in [-0.1, -0.05) is 0 Å². The molecule has 2 rings (SSSR count). The Labute approximate surface area is 112 Å². The van der Waals surface area contributed by atoms with Crippen LogP contribution in [0.3, 0.4) is 0 Å². The summed E-state index contributed by atoms with van der Waals surface area (Å²) in [5.41, 5.74) is 5.77. The molecule has 2 aromatic rings. The van der Waals surface area contributed by atoms with Crippen LogP contribution in [0.25, 0.3) is 0 Å². The quantitative estimate of drug-likeness (QED) is 0.917. The Morgan fingerprint density at radius 1 is 1.28 bits per heavy atom. The topological polar surface area (TPSA) is 40.8 Å². The van der Waals surface area contributed by atoms with Gasteiger partial charge in [0.1, 0.15) is 11.8 Å². The fourth-order valence-electron chi connectivity index (χ4n) is 1.95. The van der Waals surface area contributed by atoms with Crippen LogP contribution in [0.4, 0.5) is 0 Å². The molecule has 0 atom stereocenters. The molecule has 0 aliphatic rings. The van der Waals surface area contributed by atoms with Crippen molar-refractivity contribution in [1.82, 2.24) is 9.88 Å². The highest BCUT2D eigenvalue weighted by Gasteiger charge is 2.08. The average molecular weight is 259 g/mol. The van der Waals surface area contributed by atoms with Crippen molar-refractivity contribution in [2.75, 3.05) is 0 Å². The van der Waals surface area contributed by atoms with Crippen molar-refractivity contribution in [2.45, 2.75) is 26.9 Å². The van der Waals surface area contributed by atoms with Gasteiger partial charge in [0.25, 0.3) is 0 Å². The zero-order chi connectivity index (χ0) is 13.1. The van der Waals surface area contributed by atoms with Gasteiger partial charge in [0.2, 0.25) is 0 Å². The lowest BCUT2D eigenvalue weighted by Crippen LogP contribution is -2.13. The van der Waals surface area contributed by atoms with Crippen LogP contribution >= 0.6 is 11.3 Å². The molecule has 0 radical (unpaired) electrons. The third-order valence-electron chi connectivity index (χ3n) is 3.35. The first kappa shape index (κ1) is 12.9. The van der Waals surface area contributed by atoms with Gasteiger partial charge in [0.15, 0.2) is 0 Å². The van der Waals surface area contributed by atoms with Crippen LogP contribution in [0.15, 0.2) is 16.8 Å². The Morgan fingerprint density at radius 2 is 2.00 bits per heavy atom. The van der Waals surface area contributed by atoms with E-state index in [-0.39, 0.29) is 0 Å². The predicted octanol–water partition coefficient (Wildman–Crippen LogP) is 2.86. The number of thiophene rings is 1. The lowest BCUT2D eigenvalue weighted by molar-refractivity contribution is 0.686. The van der Waals surface area contributed by atoms with Crippen LogP contribution in [0.5, 0.6) is 0 Å². The van der Waals surface area contributed by atoms with Crippen LogP contribution in [-0.4, -0.2) is 4.57 Å². The van der Waals surface area contributed by atoms with Crippen LogP contribution in [0.1, 0.15) is 28.1 Å². The molecule has 0 saturated carbocycles. The maximum absolute atomic E-state index is 8.98. The standard InChI is InChI=1S/C14H17N3S/c1-10-8-18-9-13(10)7-16-6-12-4-14(5-15)17(3)11(12)2/h4,8-9,16H,6-7H2,1-3H3. The molecule has 0 saturated heterocycles. The number of hydrogen-bond acceptors (Lipinski definition) is 3. The Kier molecular flexibility index (Phi) is 3.85. The van der Waals surface area contributed by atoms with Gasteiger partial charge in [-0.15, -0.1) is 0 Å². The summed E-state index contributed by atoms with van der Waals surface area (Å²) in [5.74, 6) is 0. The lowest BCUT2D eigenvalue weighted by Gasteiger charge is -2.05. The normalized spacial score (nSPS) is 10.6. The molecule has 4 heteroatoms. The van der Waals surface area contributed by atoms with E-state index in [4.69, 9.17) is 5.26 Å². The van der Waals surface area contributed by atoms with Gasteiger partial charge in [0, 0.05) is 25.8 Å². The van der Waals surface area contributed by atoms with Crippen LogP contribution in [0.2, 0.25) is 0 Å². The molecule has 0 fully saturated rings. The SMILES string of the molecule is Cc1cscc1CNCc1cc(C#N)n(C)c1C. The average Bonchev–Trinajstić information content (AvgIpc) is 2.88. The summed E-state index contributed by atoms with van der Waals surface area (Å²) < 4.78 is 1.94. The highest BCUT2D eigenvalue weighted by molar-refractivity contribution is 7.08. The van der Waals surface area contributed by atoms with Crippen molar-refractivity contribution in [3.8, 4) is 6.07 Å². The third kappa shape index (κ3) is 2.47. The van der Waals surface area contributed by atoms with Crippen LogP contribution in [-0.2, 0) is 20.1 Å². The first-order valence-corrected chi connectivity index (χ1v) is 6.85. The number of aryl methyl sites for hydroxylation is 1. The number of nitrogens with zero attached hydrogens (tertiary/aromatic N) is 2. The van der Waals surface area contributed by atoms with E-state index in [1.165, 1.54) is 16.7 Å². The molecule has 94 valence electrons. The first-order chi connectivity index (χ1) is 8.63. The summed E-state index contributed by atoms with van der Waals surface area (Å²) in [6.45, 7) is 5.87. The molecule has 0 amide bonds. The molecule has 0 aromatic carbocycles. The number of aromatic nitrogens is 1. The molecule has 0 bridgehead atoms. The van der Waals surface area contributed by atoms with Gasteiger partial charge < -0.3 is 9.88 Å². The number of nitriles is 1. The number of hydrogen-bond donors (Lipinski definition) is 1. The molecule has 18 heavy (non-hydrogen) atoms. The summed E-state index contributed by atoms with van der Waals surface area (Å²) >= 11 is 1.74. The van der Waals surface area contributed by atoms with Gasteiger partial charge in [-0.3, -0.25) is 0 Å². The maximum Gasteiger partial charge on any atom is 0.120 e. The van der Waals surface area contributed by atoms with Crippen molar-refractivity contribution in [1.29, 1.82) is 5.26 Å². The summed E-state index contributed by atoms with van der Waals surface area (Å²) in [6, 6.07) is 4.17. The van der Waals surface area contributed by atoms with Crippen molar-refractivity contribution >= 4 is 11.3 Å². The van der Waals surface area contributed by atoms with Crippen LogP contribution < -0.4 is 5.32 Å². The molecule has 2 heterocycles. The highest BCUT2D eigenvalue weighted by Crippen LogP contribution is 2.15. The van der Waals surface area contributed by atoms with Gasteiger partial charge >= 0.3 is 0 Å². The third-order valence-corrected chi connectivity index (χ3v) is 4.26. The fourth-order valence-corrected chi connectivity index (χ4v) is 2.81. The summed E-state index contributed by atoms with van der Waals surface area (Å²) in [4.78, 5) is 0. The smallest absolute Gasteiger partial charge is 0.120 e. The van der Waals surface area contributed by atoms with E-state index in [9.17, 15) is 0 Å². The van der Waals surface area contributed by atoms with Crippen molar-refractivity contribution < 1.29 is 0 Å². The monoisotopic (exact) mass is 259 g/mol. The minimum atomic E-state index is 0.719. The number of nitrogens with one attached hydrogen (secondary N) is 1. The van der Waals surface area contributed by atoms with E-state index < -0.39 is 0 Å². The van der Waals surface area contributed by atoms with Gasteiger partial charge in [-0.2, -0.15) is 16.6 Å². The van der Waals surface area contributed by atoms with E-state index in [0.29, 0.717) is 0 Å². The Hall–Kier alpha value is -1.57. The Morgan fingerprint density at radius 3 is 2.56 bits per heavy atom. The second kappa shape index (κ2) is 5.38. The van der Waals surface area contributed by atoms with Crippen molar-refractivity contribution in [2.24, 2.45) is 7.05 Å². The summed E-state index contributed by atoms with van der Waals surface area (Å²) in [7, 11) is 1.93. The Bertz CT molecular complexity index is 587. The summed E-state index contributed by atoms with van der Waals surface area (Å²) in [6.07, 6.45) is 0. The van der Waals surface area contributed by atoms with Crippen molar-refractivity contribution in [3.63, 3.8) is 0 Å². The molecule has 0 spiro atoms. The summed E-state index contributed by atoms with van der Waals surface area (Å²) in [5, 5.41) is 16.8. The van der Waals surface area contributed by atoms with E-state index in [0.717, 1.165) is 24.5 Å². The first-order valence-electron chi connectivity index (χ1n) is 5.91. The van der Waals surface area contributed by atoms with Gasteiger partial charge in [0.05, 0.1) is 0 Å². The van der Waals surface area contributed by atoms with E-state index in [1.807, 2.05) is 24.6 Å². The molecule has 0 unspecified atom stereocenters. The molecular weight excluding hydrogens is 242 g/mol. The second-order valence-electron chi connectivity index (χ2n) is 4.49. The van der Waals surface area contributed by atoms with E-state index in [1.54, 1.807) is 11.3 Å². The highest BCUT2D eigenvalue weighted by atomic mass is 32.1. The molecule has 0 aliphatic carbocycles. The van der Waals surface area contributed by atoms with E-state index in [2.05, 4.69) is 29.1 Å². The fraction of sp³-hybridized carbons (Fsp3) is 0.357. The maximum atomic E-state index is 8.98. The lowest BCUT2D eigenvalue weighted by atomic mass is 10.2. The Balaban J connectivity index is 1.99. The zero-order valence-corrected chi connectivity index (χ0v) is 11.8. The molecule has 0 aliphatic heterocycles. The molecular formula is C14H17N3S. The molecule has 3 nitrogen and oxygen atoms in total. The molecule has 2 aromatic heterocycles. The largest absolute Gasteiger partial charge is 0.340 e. The van der Waals surface area contributed by atoms with Gasteiger partial charge in [-0.25, -0.2) is 0 Å². The predicted molar refractivity (Wildman–Crippen MR) is 74.5 cm³/mol. The van der Waals surface area contributed by atoms with Crippen molar-refractivity contribution in [3.05, 3.63) is 44.9 Å². The second-order valence-corrected chi connectivity index (χ2v) is 5.24. The van der Waals surface area contributed by atoms with Gasteiger partial charge in [-0.05, 0) is 47.4 Å². The van der Waals surface area contributed by atoms with Crippen LogP contribution in [0, 0.1) is 25.2 Å². The van der Waals surface area contributed by atoms with E-state index >= 15 is 0 Å². The number of rotatable bonds is 4. The molecule has 1 N–H and O–H groups in total. The zero-order valence-electron chi connectivity index (χ0n) is 10.9. The minimum absolute atomic E-state index is 0.719.